The number of fused-ring (bicyclic) bond motifs is 1. The normalized spacial score (nSPS) is 23.0. The monoisotopic (exact) mass is 609 g/mol. The maximum atomic E-state index is 13.1. The smallest absolute Gasteiger partial charge is 0.353 e. The van der Waals surface area contributed by atoms with Crippen molar-refractivity contribution in [3.63, 3.8) is 0 Å². The lowest BCUT2D eigenvalue weighted by molar-refractivity contribution is -0.155. The van der Waals surface area contributed by atoms with Gasteiger partial charge in [-0.1, -0.05) is 39.9 Å². The molecule has 0 bridgehead atoms. The van der Waals surface area contributed by atoms with Gasteiger partial charge >= 0.3 is 5.97 Å². The largest absolute Gasteiger partial charge is 0.477 e. The Hall–Kier alpha value is -2.85. The number of carboxylic acid groups (broad SMARTS) is 1. The molecule has 2 saturated heterocycles. The highest BCUT2D eigenvalue weighted by Gasteiger charge is 2.54. The maximum absolute atomic E-state index is 13.1. The van der Waals surface area contributed by atoms with Crippen LogP contribution in [0.15, 0.2) is 39.0 Å². The van der Waals surface area contributed by atoms with Crippen LogP contribution in [0.2, 0.25) is 4.34 Å². The quantitative estimate of drug-likeness (QED) is 0.121. The number of pyridine rings is 1. The molecule has 2 fully saturated rings. The molecule has 2 amide bonds. The summed E-state index contributed by atoms with van der Waals surface area (Å²) in [6.07, 6.45) is 3.65. The van der Waals surface area contributed by atoms with Crippen LogP contribution in [0.1, 0.15) is 30.7 Å². The van der Waals surface area contributed by atoms with Crippen molar-refractivity contribution in [1.29, 1.82) is 0 Å². The van der Waals surface area contributed by atoms with E-state index in [-0.39, 0.29) is 20.9 Å². The standard InChI is InChI=1S/C23H24ClN7O5S3/c24-19-16(29-23(25)39-19)17(30-36)20(32)28-15-12-3-4-14(18(22(34)35)31(12)21(15)33)38-13-2-1-6-27-11(13)9-37-10-5-7-26-8-10/h1-2,6,10,12,15,26,36H,3-5,7-9H2,(H2,25,29)(H,28,32)(H,34,35)/b30-17-/t10?,12?,15-/m0/s1. The highest BCUT2D eigenvalue weighted by Crippen LogP contribution is 2.44. The van der Waals surface area contributed by atoms with E-state index in [1.807, 2.05) is 23.9 Å². The Morgan fingerprint density at radius 2 is 2.21 bits per heavy atom. The number of oxime groups is 1. The fraction of sp³-hybridized carbons (Fsp3) is 0.391. The summed E-state index contributed by atoms with van der Waals surface area (Å²) in [5.74, 6) is -1.97. The second-order valence-corrected chi connectivity index (χ2v) is 13.0. The number of nitrogens with zero attached hydrogens (tertiary/aromatic N) is 4. The van der Waals surface area contributed by atoms with Crippen LogP contribution in [0.25, 0.3) is 0 Å². The van der Waals surface area contributed by atoms with Crippen molar-refractivity contribution < 1.29 is 24.7 Å². The van der Waals surface area contributed by atoms with Gasteiger partial charge in [0.2, 0.25) is 0 Å². The van der Waals surface area contributed by atoms with Crippen LogP contribution in [0, 0.1) is 0 Å². The minimum Gasteiger partial charge on any atom is -0.477 e. The number of allylic oxidation sites excluding steroid dienone is 1. The Morgan fingerprint density at radius 1 is 1.38 bits per heavy atom. The molecule has 16 heteroatoms. The van der Waals surface area contributed by atoms with E-state index in [0.29, 0.717) is 28.7 Å². The minimum absolute atomic E-state index is 0.0560. The second-order valence-electron chi connectivity index (χ2n) is 8.94. The number of aromatic nitrogens is 2. The van der Waals surface area contributed by atoms with Gasteiger partial charge in [-0.25, -0.2) is 9.78 Å². The zero-order valence-electron chi connectivity index (χ0n) is 20.3. The number of amides is 2. The molecule has 0 saturated carbocycles. The number of hydrogen-bond donors (Lipinski definition) is 5. The van der Waals surface area contributed by atoms with E-state index in [0.717, 1.165) is 41.4 Å². The predicted molar refractivity (Wildman–Crippen MR) is 149 cm³/mol. The number of halogens is 1. The number of nitrogens with two attached hydrogens (primary N) is 1. The van der Waals surface area contributed by atoms with Crippen LogP contribution in [-0.4, -0.2) is 79.1 Å². The summed E-state index contributed by atoms with van der Waals surface area (Å²) in [6.45, 7) is 1.96. The first-order chi connectivity index (χ1) is 18.8. The van der Waals surface area contributed by atoms with Gasteiger partial charge in [-0.2, -0.15) is 11.8 Å². The van der Waals surface area contributed by atoms with E-state index in [2.05, 4.69) is 25.8 Å². The number of carbonyl (C=O) groups excluding carboxylic acids is 2. The molecule has 12 nitrogen and oxygen atoms in total. The lowest BCUT2D eigenvalue weighted by atomic mass is 9.86. The third-order valence-corrected chi connectivity index (χ3v) is 10.2. The van der Waals surface area contributed by atoms with Gasteiger partial charge in [-0.15, -0.1) is 0 Å². The fourth-order valence-corrected chi connectivity index (χ4v) is 8.05. The average Bonchev–Trinajstić information content (AvgIpc) is 3.55. The van der Waals surface area contributed by atoms with Gasteiger partial charge in [0, 0.05) is 33.5 Å². The van der Waals surface area contributed by atoms with E-state index >= 15 is 0 Å². The number of β-lactam (4-membered cyclic amide) rings is 1. The Kier molecular flexibility index (Phi) is 8.32. The predicted octanol–water partition coefficient (Wildman–Crippen LogP) is 2.13. The third-order valence-electron chi connectivity index (χ3n) is 6.58. The van der Waals surface area contributed by atoms with E-state index in [4.69, 9.17) is 17.3 Å². The van der Waals surface area contributed by atoms with Crippen LogP contribution in [0.3, 0.4) is 0 Å². The molecular weight excluding hydrogens is 586 g/mol. The molecule has 3 aliphatic rings. The van der Waals surface area contributed by atoms with Gasteiger partial charge < -0.3 is 26.7 Å². The van der Waals surface area contributed by atoms with E-state index in [1.54, 1.807) is 6.20 Å². The van der Waals surface area contributed by atoms with Crippen molar-refractivity contribution >= 4 is 75.1 Å². The van der Waals surface area contributed by atoms with Crippen LogP contribution in [0.4, 0.5) is 5.13 Å². The highest BCUT2D eigenvalue weighted by molar-refractivity contribution is 8.03. The summed E-state index contributed by atoms with van der Waals surface area (Å²) in [5.41, 5.74) is 5.79. The number of hydrogen-bond acceptors (Lipinski definition) is 12. The molecule has 2 aromatic rings. The second kappa shape index (κ2) is 11.7. The summed E-state index contributed by atoms with van der Waals surface area (Å²) in [4.78, 5) is 49.3. The molecule has 3 aliphatic heterocycles. The van der Waals surface area contributed by atoms with Gasteiger partial charge in [0.15, 0.2) is 10.8 Å². The molecule has 206 valence electrons. The van der Waals surface area contributed by atoms with Crippen LogP contribution >= 0.6 is 46.5 Å². The van der Waals surface area contributed by atoms with Gasteiger partial charge in [-0.05, 0) is 37.9 Å². The number of thiazole rings is 1. The first kappa shape index (κ1) is 27.7. The number of nitrogens with one attached hydrogen (secondary N) is 2. The summed E-state index contributed by atoms with van der Waals surface area (Å²) in [7, 11) is 0. The van der Waals surface area contributed by atoms with Gasteiger partial charge in [0.25, 0.3) is 11.8 Å². The van der Waals surface area contributed by atoms with E-state index < -0.39 is 35.6 Å². The number of nitrogen functional groups attached to an aromatic ring is 1. The van der Waals surface area contributed by atoms with Crippen molar-refractivity contribution in [3.8, 4) is 0 Å². The Labute approximate surface area is 240 Å². The molecule has 6 N–H and O–H groups in total. The minimum atomic E-state index is -1.22. The Balaban J connectivity index is 1.31. The van der Waals surface area contributed by atoms with Crippen LogP contribution in [-0.2, 0) is 20.1 Å². The van der Waals surface area contributed by atoms with E-state index in [9.17, 15) is 24.7 Å². The van der Waals surface area contributed by atoms with Gasteiger partial charge in [0.1, 0.15) is 21.8 Å². The van der Waals surface area contributed by atoms with Crippen LogP contribution in [0.5, 0.6) is 0 Å². The Bertz CT molecular complexity index is 1380. The maximum Gasteiger partial charge on any atom is 0.353 e. The first-order valence-corrected chi connectivity index (χ1v) is 15.0. The first-order valence-electron chi connectivity index (χ1n) is 12.0. The lowest BCUT2D eigenvalue weighted by Crippen LogP contribution is -2.72. The van der Waals surface area contributed by atoms with Crippen molar-refractivity contribution in [2.75, 3.05) is 18.8 Å². The molecule has 5 rings (SSSR count). The van der Waals surface area contributed by atoms with Crippen molar-refractivity contribution in [3.05, 3.63) is 44.7 Å². The molecule has 2 unspecified atom stereocenters. The zero-order chi connectivity index (χ0) is 27.7. The zero-order valence-corrected chi connectivity index (χ0v) is 23.5. The molecule has 2 aromatic heterocycles. The summed E-state index contributed by atoms with van der Waals surface area (Å²) in [6, 6.07) is 2.16. The summed E-state index contributed by atoms with van der Waals surface area (Å²) < 4.78 is 0.0560. The topological polar surface area (TPSA) is 183 Å². The van der Waals surface area contributed by atoms with Crippen LogP contribution < -0.4 is 16.4 Å². The van der Waals surface area contributed by atoms with Crippen molar-refractivity contribution in [1.82, 2.24) is 25.5 Å². The van der Waals surface area contributed by atoms with Crippen molar-refractivity contribution in [2.45, 2.75) is 47.2 Å². The molecule has 0 aliphatic carbocycles. The number of rotatable bonds is 9. The van der Waals surface area contributed by atoms with Gasteiger partial charge in [-0.3, -0.25) is 19.5 Å². The van der Waals surface area contributed by atoms with Crippen molar-refractivity contribution in [2.24, 2.45) is 5.16 Å². The highest BCUT2D eigenvalue weighted by atomic mass is 35.5. The number of carboxylic acids is 1. The molecule has 0 radical (unpaired) electrons. The summed E-state index contributed by atoms with van der Waals surface area (Å²) >= 11 is 10.1. The molecule has 0 aromatic carbocycles. The fourth-order valence-electron chi connectivity index (χ4n) is 4.73. The van der Waals surface area contributed by atoms with E-state index in [1.165, 1.54) is 16.7 Å². The number of anilines is 1. The number of thioether (sulfide) groups is 2. The number of aliphatic carboxylic acids is 1. The third kappa shape index (κ3) is 5.59. The Morgan fingerprint density at radius 3 is 2.87 bits per heavy atom. The van der Waals surface area contributed by atoms with Gasteiger partial charge in [0.05, 0.1) is 11.7 Å². The lowest BCUT2D eigenvalue weighted by Gasteiger charge is -2.50. The molecule has 5 heterocycles. The SMILES string of the molecule is Nc1nc(/C(=N/O)C(=O)N[C@@H]2C(=O)N3C(C(=O)O)=C(Sc4cccnc4CSC4CCNC4)CCC23)c(Cl)s1. The summed E-state index contributed by atoms with van der Waals surface area (Å²) in [5, 5.41) is 28.9. The molecule has 3 atom stereocenters. The average molecular weight is 610 g/mol. The number of carbonyl (C=O) groups is 3. The molecule has 39 heavy (non-hydrogen) atoms. The molecule has 0 spiro atoms. The molecular formula is C23H24ClN7O5S3.